The molecule has 106 valence electrons. The van der Waals surface area contributed by atoms with Crippen LogP contribution in [0.25, 0.3) is 11.3 Å². The van der Waals surface area contributed by atoms with Gasteiger partial charge < -0.3 is 9.15 Å². The summed E-state index contributed by atoms with van der Waals surface area (Å²) in [5.41, 5.74) is 4.00. The molecule has 2 heterocycles. The van der Waals surface area contributed by atoms with Gasteiger partial charge in [-0.3, -0.25) is 0 Å². The number of benzene rings is 1. The zero-order chi connectivity index (χ0) is 14.7. The van der Waals surface area contributed by atoms with Crippen LogP contribution in [-0.4, -0.2) is 15.9 Å². The molecule has 0 bridgehead atoms. The summed E-state index contributed by atoms with van der Waals surface area (Å²) in [5, 5.41) is 0. The van der Waals surface area contributed by atoms with E-state index in [0.717, 1.165) is 16.1 Å². The van der Waals surface area contributed by atoms with Crippen LogP contribution in [0.15, 0.2) is 46.8 Å². The van der Waals surface area contributed by atoms with E-state index in [1.807, 2.05) is 6.92 Å². The summed E-state index contributed by atoms with van der Waals surface area (Å²) in [6.45, 7) is 2.14. The number of carbonyl (C=O) groups is 1. The molecule has 0 saturated carbocycles. The number of carbonyl (C=O) groups excluding carboxylic acids is 1. The summed E-state index contributed by atoms with van der Waals surface area (Å²) in [6.07, 6.45) is 2.99. The van der Waals surface area contributed by atoms with Crippen LogP contribution >= 0.6 is 11.3 Å². The van der Waals surface area contributed by atoms with Crippen LogP contribution in [0, 0.1) is 6.92 Å². The molecular formula is C15H12N2O3S. The van der Waals surface area contributed by atoms with Gasteiger partial charge in [-0.2, -0.15) is 0 Å². The number of aromatic nitrogens is 2. The van der Waals surface area contributed by atoms with Crippen molar-refractivity contribution in [1.82, 2.24) is 9.97 Å². The average molecular weight is 300 g/mol. The third-order valence-corrected chi connectivity index (χ3v) is 3.93. The summed E-state index contributed by atoms with van der Waals surface area (Å²) >= 11 is 1.48. The van der Waals surface area contributed by atoms with E-state index in [2.05, 4.69) is 9.97 Å². The van der Waals surface area contributed by atoms with Crippen molar-refractivity contribution in [3.63, 3.8) is 0 Å². The lowest BCUT2D eigenvalue weighted by Crippen LogP contribution is -2.05. The predicted molar refractivity (Wildman–Crippen MR) is 77.9 cm³/mol. The van der Waals surface area contributed by atoms with Gasteiger partial charge in [0.05, 0.1) is 27.8 Å². The first-order chi connectivity index (χ1) is 10.2. The van der Waals surface area contributed by atoms with Gasteiger partial charge in [0, 0.05) is 5.56 Å². The molecule has 0 fully saturated rings. The Kier molecular flexibility index (Phi) is 3.79. The fourth-order valence-corrected chi connectivity index (χ4v) is 2.50. The van der Waals surface area contributed by atoms with E-state index in [4.69, 9.17) is 9.15 Å². The predicted octanol–water partition coefficient (Wildman–Crippen LogP) is 3.46. The van der Waals surface area contributed by atoms with E-state index in [0.29, 0.717) is 11.3 Å². The van der Waals surface area contributed by atoms with Gasteiger partial charge in [0.1, 0.15) is 6.61 Å². The summed E-state index contributed by atoms with van der Waals surface area (Å²) in [5.74, 6) is 0.308. The highest BCUT2D eigenvalue weighted by molar-refractivity contribution is 7.09. The fraction of sp³-hybridized carbons (Fsp3) is 0.133. The number of nitrogens with zero attached hydrogens (tertiary/aromatic N) is 2. The Labute approximate surface area is 125 Å². The Morgan fingerprint density at radius 2 is 2.14 bits per heavy atom. The van der Waals surface area contributed by atoms with Crippen molar-refractivity contribution in [2.75, 3.05) is 0 Å². The monoisotopic (exact) mass is 300 g/mol. The number of aryl methyl sites for hydroxylation is 1. The van der Waals surface area contributed by atoms with Crippen molar-refractivity contribution >= 4 is 17.3 Å². The van der Waals surface area contributed by atoms with Crippen LogP contribution in [0.5, 0.6) is 0 Å². The molecule has 1 aromatic carbocycles. The third kappa shape index (κ3) is 3.00. The molecular weight excluding hydrogens is 288 g/mol. The summed E-state index contributed by atoms with van der Waals surface area (Å²) < 4.78 is 10.5. The first-order valence-corrected chi connectivity index (χ1v) is 7.17. The average Bonchev–Trinajstić information content (AvgIpc) is 3.17. The SMILES string of the molecule is Cc1ncsc1COC(=O)c1ccc(-c2cnco2)cc1. The van der Waals surface area contributed by atoms with Gasteiger partial charge >= 0.3 is 5.97 Å². The number of ether oxygens (including phenoxy) is 1. The molecule has 0 aliphatic rings. The Morgan fingerprint density at radius 1 is 1.33 bits per heavy atom. The van der Waals surface area contributed by atoms with Crippen LogP contribution in [0.4, 0.5) is 0 Å². The van der Waals surface area contributed by atoms with E-state index in [9.17, 15) is 4.79 Å². The van der Waals surface area contributed by atoms with Gasteiger partial charge in [-0.25, -0.2) is 14.8 Å². The normalized spacial score (nSPS) is 10.5. The molecule has 0 atom stereocenters. The molecule has 0 unspecified atom stereocenters. The molecule has 6 heteroatoms. The highest BCUT2D eigenvalue weighted by Gasteiger charge is 2.10. The van der Waals surface area contributed by atoms with E-state index >= 15 is 0 Å². The maximum absolute atomic E-state index is 12.0. The largest absolute Gasteiger partial charge is 0.456 e. The van der Waals surface area contributed by atoms with Crippen molar-refractivity contribution in [2.24, 2.45) is 0 Å². The molecule has 0 N–H and O–H groups in total. The molecule has 3 rings (SSSR count). The fourth-order valence-electron chi connectivity index (χ4n) is 1.81. The molecule has 0 amide bonds. The molecule has 0 saturated heterocycles. The van der Waals surface area contributed by atoms with E-state index in [-0.39, 0.29) is 12.6 Å². The molecule has 21 heavy (non-hydrogen) atoms. The summed E-state index contributed by atoms with van der Waals surface area (Å²) in [7, 11) is 0. The van der Waals surface area contributed by atoms with Crippen LogP contribution in [0.1, 0.15) is 20.9 Å². The van der Waals surface area contributed by atoms with Crippen LogP contribution in [0.3, 0.4) is 0 Å². The van der Waals surface area contributed by atoms with Gasteiger partial charge in [0.15, 0.2) is 12.2 Å². The molecule has 0 spiro atoms. The number of rotatable bonds is 4. The molecule has 5 nitrogen and oxygen atoms in total. The Balaban J connectivity index is 1.66. The Hall–Kier alpha value is -2.47. The number of oxazole rings is 1. The van der Waals surface area contributed by atoms with Crippen molar-refractivity contribution in [2.45, 2.75) is 13.5 Å². The van der Waals surface area contributed by atoms with E-state index in [1.165, 1.54) is 17.7 Å². The van der Waals surface area contributed by atoms with Gasteiger partial charge in [0.25, 0.3) is 0 Å². The Morgan fingerprint density at radius 3 is 2.76 bits per heavy atom. The third-order valence-electron chi connectivity index (χ3n) is 3.02. The van der Waals surface area contributed by atoms with Gasteiger partial charge in [-0.05, 0) is 19.1 Å². The van der Waals surface area contributed by atoms with E-state index in [1.54, 1.807) is 36.0 Å². The molecule has 2 aromatic heterocycles. The lowest BCUT2D eigenvalue weighted by atomic mass is 10.1. The number of hydrogen-bond acceptors (Lipinski definition) is 6. The standard InChI is InChI=1S/C15H12N2O3S/c1-10-14(21-9-17-10)7-19-15(18)12-4-2-11(3-5-12)13-6-16-8-20-13/h2-6,8-9H,7H2,1H3. The second-order valence-corrected chi connectivity index (χ2v) is 5.32. The minimum Gasteiger partial charge on any atom is -0.456 e. The number of hydrogen-bond donors (Lipinski definition) is 0. The summed E-state index contributed by atoms with van der Waals surface area (Å²) in [6, 6.07) is 7.02. The van der Waals surface area contributed by atoms with Gasteiger partial charge in [-0.1, -0.05) is 12.1 Å². The first kappa shape index (κ1) is 13.5. The topological polar surface area (TPSA) is 65.2 Å². The highest BCUT2D eigenvalue weighted by atomic mass is 32.1. The zero-order valence-corrected chi connectivity index (χ0v) is 12.1. The molecule has 0 aliphatic carbocycles. The Bertz CT molecular complexity index is 733. The van der Waals surface area contributed by atoms with Crippen molar-refractivity contribution in [3.05, 3.63) is 58.5 Å². The smallest absolute Gasteiger partial charge is 0.338 e. The van der Waals surface area contributed by atoms with Crippen molar-refractivity contribution in [3.8, 4) is 11.3 Å². The maximum atomic E-state index is 12.0. The van der Waals surface area contributed by atoms with Gasteiger partial charge in [0.2, 0.25) is 0 Å². The second-order valence-electron chi connectivity index (χ2n) is 4.38. The minimum atomic E-state index is -0.355. The lowest BCUT2D eigenvalue weighted by Gasteiger charge is -2.04. The summed E-state index contributed by atoms with van der Waals surface area (Å²) in [4.78, 5) is 20.9. The molecule has 3 aromatic rings. The van der Waals surface area contributed by atoms with Crippen molar-refractivity contribution < 1.29 is 13.9 Å². The van der Waals surface area contributed by atoms with Crippen LogP contribution in [-0.2, 0) is 11.3 Å². The zero-order valence-electron chi connectivity index (χ0n) is 11.3. The molecule has 0 aliphatic heterocycles. The highest BCUT2D eigenvalue weighted by Crippen LogP contribution is 2.20. The minimum absolute atomic E-state index is 0.249. The van der Waals surface area contributed by atoms with Crippen LogP contribution in [0.2, 0.25) is 0 Å². The maximum Gasteiger partial charge on any atom is 0.338 e. The first-order valence-electron chi connectivity index (χ1n) is 6.29. The molecule has 0 radical (unpaired) electrons. The van der Waals surface area contributed by atoms with Crippen molar-refractivity contribution in [1.29, 1.82) is 0 Å². The quantitative estimate of drug-likeness (QED) is 0.690. The number of thiazole rings is 1. The van der Waals surface area contributed by atoms with Gasteiger partial charge in [-0.15, -0.1) is 11.3 Å². The number of esters is 1. The van der Waals surface area contributed by atoms with Crippen LogP contribution < -0.4 is 0 Å². The second kappa shape index (κ2) is 5.88. The van der Waals surface area contributed by atoms with E-state index < -0.39 is 0 Å². The lowest BCUT2D eigenvalue weighted by molar-refractivity contribution is 0.0476.